The van der Waals surface area contributed by atoms with Crippen molar-refractivity contribution in [2.75, 3.05) is 26.2 Å². The lowest BCUT2D eigenvalue weighted by atomic mass is 10.1. The predicted molar refractivity (Wildman–Crippen MR) is 128 cm³/mol. The summed E-state index contributed by atoms with van der Waals surface area (Å²) in [6.45, 7) is 0.0830. The van der Waals surface area contributed by atoms with Gasteiger partial charge in [0.2, 0.25) is 5.75 Å². The largest absolute Gasteiger partial charge is 0.493 e. The number of rotatable bonds is 7. The van der Waals surface area contributed by atoms with Crippen molar-refractivity contribution < 1.29 is 19.0 Å². The van der Waals surface area contributed by atoms with Crippen molar-refractivity contribution in [3.05, 3.63) is 94.3 Å². The molecule has 1 aromatic heterocycles. The number of nitrogens with one attached hydrogen (secondary N) is 1. The number of carbonyl (C=O) groups is 1. The molecule has 7 nitrogen and oxygen atoms in total. The van der Waals surface area contributed by atoms with E-state index in [1.807, 2.05) is 60.7 Å². The number of pyridine rings is 1. The summed E-state index contributed by atoms with van der Waals surface area (Å²) in [6, 6.07) is 21.7. The zero-order valence-corrected chi connectivity index (χ0v) is 18.6. The molecule has 0 spiro atoms. The number of aromatic nitrogens is 1. The van der Waals surface area contributed by atoms with Gasteiger partial charge in [-0.2, -0.15) is 0 Å². The van der Waals surface area contributed by atoms with E-state index in [2.05, 4.69) is 4.98 Å². The maximum absolute atomic E-state index is 13.7. The molecule has 7 heteroatoms. The molecule has 0 bridgehead atoms. The number of ether oxygens (including phenoxy) is 3. The van der Waals surface area contributed by atoms with Gasteiger partial charge in [-0.15, -0.1) is 0 Å². The number of benzene rings is 3. The van der Waals surface area contributed by atoms with Gasteiger partial charge in [-0.05, 0) is 41.8 Å². The second-order valence-electron chi connectivity index (χ2n) is 7.35. The molecule has 0 unspecified atom stereocenters. The molecule has 4 rings (SSSR count). The molecular weight excluding hydrogens is 420 g/mol. The minimum atomic E-state index is -0.312. The summed E-state index contributed by atoms with van der Waals surface area (Å²) in [6.07, 6.45) is 0. The summed E-state index contributed by atoms with van der Waals surface area (Å²) in [4.78, 5) is 31.0. The highest BCUT2D eigenvalue weighted by Crippen LogP contribution is 2.38. The lowest BCUT2D eigenvalue weighted by Gasteiger charge is -2.24. The number of hydrogen-bond donors (Lipinski definition) is 1. The van der Waals surface area contributed by atoms with Crippen LogP contribution in [0, 0.1) is 0 Å². The molecule has 1 amide bonds. The van der Waals surface area contributed by atoms with Crippen molar-refractivity contribution in [3.63, 3.8) is 0 Å². The third-order valence-corrected chi connectivity index (χ3v) is 5.38. The fourth-order valence-corrected chi connectivity index (χ4v) is 3.73. The summed E-state index contributed by atoms with van der Waals surface area (Å²) >= 11 is 0. The van der Waals surface area contributed by atoms with Crippen molar-refractivity contribution in [2.45, 2.75) is 6.54 Å². The summed E-state index contributed by atoms with van der Waals surface area (Å²) in [7, 11) is 4.49. The first-order chi connectivity index (χ1) is 16.0. The van der Waals surface area contributed by atoms with E-state index in [4.69, 9.17) is 14.2 Å². The van der Waals surface area contributed by atoms with E-state index in [0.29, 0.717) is 34.1 Å². The van der Waals surface area contributed by atoms with Crippen LogP contribution in [-0.2, 0) is 6.54 Å². The molecule has 168 valence electrons. The monoisotopic (exact) mass is 444 g/mol. The van der Waals surface area contributed by atoms with Crippen LogP contribution in [0.2, 0.25) is 0 Å². The van der Waals surface area contributed by atoms with Crippen LogP contribution in [-0.4, -0.2) is 32.2 Å². The van der Waals surface area contributed by atoms with Crippen LogP contribution < -0.4 is 24.7 Å². The number of carbonyl (C=O) groups excluding carboxylic acids is 1. The van der Waals surface area contributed by atoms with E-state index in [1.165, 1.54) is 21.3 Å². The fourth-order valence-electron chi connectivity index (χ4n) is 3.73. The first-order valence-corrected chi connectivity index (χ1v) is 10.3. The van der Waals surface area contributed by atoms with E-state index >= 15 is 0 Å². The quantitative estimate of drug-likeness (QED) is 0.457. The molecule has 1 heterocycles. The molecule has 0 radical (unpaired) electrons. The van der Waals surface area contributed by atoms with E-state index in [-0.39, 0.29) is 18.0 Å². The normalized spacial score (nSPS) is 10.6. The van der Waals surface area contributed by atoms with Crippen molar-refractivity contribution in [1.82, 2.24) is 4.98 Å². The Morgan fingerprint density at radius 2 is 1.48 bits per heavy atom. The minimum absolute atomic E-state index is 0.0830. The maximum atomic E-state index is 13.7. The van der Waals surface area contributed by atoms with Gasteiger partial charge in [0.1, 0.15) is 0 Å². The number of nitrogens with zero attached hydrogens (tertiary/aromatic N) is 1. The number of para-hydroxylation sites is 2. The van der Waals surface area contributed by atoms with Gasteiger partial charge in [-0.3, -0.25) is 9.59 Å². The molecule has 0 saturated heterocycles. The van der Waals surface area contributed by atoms with Gasteiger partial charge in [-0.25, -0.2) is 0 Å². The maximum Gasteiger partial charge on any atom is 0.258 e. The summed E-state index contributed by atoms with van der Waals surface area (Å²) in [5.74, 6) is 0.829. The Morgan fingerprint density at radius 3 is 2.12 bits per heavy atom. The molecular formula is C26H24N2O5. The molecule has 1 N–H and O–H groups in total. The fraction of sp³-hybridized carbons (Fsp3) is 0.154. The van der Waals surface area contributed by atoms with Gasteiger partial charge in [-0.1, -0.05) is 36.4 Å². The number of methoxy groups -OCH3 is 3. The van der Waals surface area contributed by atoms with E-state index < -0.39 is 0 Å². The average Bonchev–Trinajstić information content (AvgIpc) is 2.86. The Balaban J connectivity index is 1.80. The van der Waals surface area contributed by atoms with Crippen molar-refractivity contribution in [1.29, 1.82) is 0 Å². The number of H-pyrrole nitrogens is 1. The van der Waals surface area contributed by atoms with Crippen molar-refractivity contribution in [3.8, 4) is 17.2 Å². The van der Waals surface area contributed by atoms with Gasteiger partial charge < -0.3 is 24.1 Å². The Bertz CT molecular complexity index is 1320. The summed E-state index contributed by atoms with van der Waals surface area (Å²) in [5, 5.41) is 0.889. The number of hydrogen-bond acceptors (Lipinski definition) is 5. The molecule has 0 atom stereocenters. The first-order valence-electron chi connectivity index (χ1n) is 10.3. The third-order valence-electron chi connectivity index (χ3n) is 5.38. The van der Waals surface area contributed by atoms with E-state index in [9.17, 15) is 9.59 Å². The Morgan fingerprint density at radius 1 is 0.848 bits per heavy atom. The highest BCUT2D eigenvalue weighted by Gasteiger charge is 2.23. The molecule has 4 aromatic rings. The van der Waals surface area contributed by atoms with Crippen LogP contribution in [0.25, 0.3) is 10.9 Å². The number of anilines is 1. The summed E-state index contributed by atoms with van der Waals surface area (Å²) in [5.41, 5.74) is 1.97. The molecule has 0 aliphatic carbocycles. The SMILES string of the molecule is COc1cc(C(=O)N(Cc2cc3ccccc3[nH]c2=O)c2ccccc2)cc(OC)c1OC. The van der Waals surface area contributed by atoms with E-state index in [0.717, 1.165) is 10.9 Å². The molecule has 33 heavy (non-hydrogen) atoms. The smallest absolute Gasteiger partial charge is 0.258 e. The van der Waals surface area contributed by atoms with Crippen LogP contribution in [0.5, 0.6) is 17.2 Å². The van der Waals surface area contributed by atoms with Crippen molar-refractivity contribution >= 4 is 22.5 Å². The first kappa shape index (κ1) is 22.0. The average molecular weight is 444 g/mol. The standard InChI is InChI=1S/C26H24N2O5/c1-31-22-14-18(15-23(32-2)24(22)33-3)26(30)28(20-10-5-4-6-11-20)16-19-13-17-9-7-8-12-21(17)27-25(19)29/h4-15H,16H2,1-3H3,(H,27,29). The van der Waals surface area contributed by atoms with Crippen LogP contribution >= 0.6 is 0 Å². The van der Waals surface area contributed by atoms with Gasteiger partial charge in [0, 0.05) is 22.3 Å². The number of fused-ring (bicyclic) bond motifs is 1. The van der Waals surface area contributed by atoms with E-state index in [1.54, 1.807) is 17.0 Å². The topological polar surface area (TPSA) is 80.9 Å². The zero-order chi connectivity index (χ0) is 23.4. The molecule has 0 aliphatic heterocycles. The predicted octanol–water partition coefficient (Wildman–Crippen LogP) is 4.40. The van der Waals surface area contributed by atoms with Crippen molar-refractivity contribution in [2.24, 2.45) is 0 Å². The second-order valence-corrected chi connectivity index (χ2v) is 7.35. The highest BCUT2D eigenvalue weighted by atomic mass is 16.5. The Kier molecular flexibility index (Phi) is 6.31. The van der Waals surface area contributed by atoms with Crippen LogP contribution in [0.15, 0.2) is 77.6 Å². The second kappa shape index (κ2) is 9.48. The van der Waals surface area contributed by atoms with Crippen LogP contribution in [0.3, 0.4) is 0 Å². The van der Waals surface area contributed by atoms with Gasteiger partial charge in [0.15, 0.2) is 11.5 Å². The Labute approximate surface area is 191 Å². The van der Waals surface area contributed by atoms with Gasteiger partial charge in [0.25, 0.3) is 11.5 Å². The van der Waals surface area contributed by atoms with Gasteiger partial charge in [0.05, 0.1) is 27.9 Å². The lowest BCUT2D eigenvalue weighted by molar-refractivity contribution is 0.0984. The zero-order valence-electron chi connectivity index (χ0n) is 18.6. The third kappa shape index (κ3) is 4.39. The highest BCUT2D eigenvalue weighted by molar-refractivity contribution is 6.06. The Hall–Kier alpha value is -4.26. The minimum Gasteiger partial charge on any atom is -0.493 e. The van der Waals surface area contributed by atoms with Gasteiger partial charge >= 0.3 is 0 Å². The van der Waals surface area contributed by atoms with Crippen LogP contribution in [0.1, 0.15) is 15.9 Å². The summed E-state index contributed by atoms with van der Waals surface area (Å²) < 4.78 is 16.2. The molecule has 0 saturated carbocycles. The molecule has 0 aliphatic rings. The molecule has 0 fully saturated rings. The molecule has 3 aromatic carbocycles. The van der Waals surface area contributed by atoms with Crippen LogP contribution in [0.4, 0.5) is 5.69 Å². The number of aromatic amines is 1. The lowest BCUT2D eigenvalue weighted by Crippen LogP contribution is -2.33. The number of amides is 1.